The molecule has 0 aliphatic rings. The third-order valence-electron chi connectivity index (χ3n) is 4.85. The normalized spacial score (nSPS) is 11.3. The van der Waals surface area contributed by atoms with E-state index in [0.29, 0.717) is 23.1 Å². The van der Waals surface area contributed by atoms with Crippen LogP contribution in [0.4, 0.5) is 5.69 Å². The molecule has 36 heavy (non-hydrogen) atoms. The van der Waals surface area contributed by atoms with Crippen LogP contribution in [0, 0.1) is 10.1 Å². The van der Waals surface area contributed by atoms with E-state index in [1.807, 2.05) is 6.92 Å². The number of rotatable bonds is 10. The van der Waals surface area contributed by atoms with Crippen molar-refractivity contribution >= 4 is 44.7 Å². The molecule has 0 N–H and O–H groups in total. The number of benzene rings is 2. The van der Waals surface area contributed by atoms with Gasteiger partial charge in [-0.2, -0.15) is 9.78 Å². The fraction of sp³-hybridized carbons (Fsp3) is 0.333. The van der Waals surface area contributed by atoms with E-state index in [1.54, 1.807) is 32.0 Å². The highest BCUT2D eigenvalue weighted by Gasteiger charge is 2.23. The van der Waals surface area contributed by atoms with Crippen LogP contribution in [0.2, 0.25) is 0 Å². The minimum absolute atomic E-state index is 0.0182. The average Bonchev–Trinajstić information content (AvgIpc) is 2.82. The SMILES string of the molecule is CCCc1nc2ccc(Br)cc2c(=O)n1N=Cc1cc(OC)c(OCC(=O)OC(C)C)c([N+](=O)[O-])c1. The largest absolute Gasteiger partial charge is 0.493 e. The summed E-state index contributed by atoms with van der Waals surface area (Å²) in [6.07, 6.45) is 2.18. The predicted molar refractivity (Wildman–Crippen MR) is 137 cm³/mol. The molecule has 0 saturated heterocycles. The maximum Gasteiger partial charge on any atom is 0.344 e. The van der Waals surface area contributed by atoms with Gasteiger partial charge >= 0.3 is 11.7 Å². The average molecular weight is 561 g/mol. The molecule has 0 radical (unpaired) electrons. The number of carbonyl (C=O) groups excluding carboxylic acids is 1. The number of methoxy groups -OCH3 is 1. The lowest BCUT2D eigenvalue weighted by atomic mass is 10.2. The molecule has 0 spiro atoms. The minimum Gasteiger partial charge on any atom is -0.493 e. The van der Waals surface area contributed by atoms with Gasteiger partial charge in [0, 0.05) is 22.5 Å². The van der Waals surface area contributed by atoms with Crippen LogP contribution in [0.15, 0.2) is 44.7 Å². The zero-order chi connectivity index (χ0) is 26.4. The van der Waals surface area contributed by atoms with Crippen molar-refractivity contribution < 1.29 is 23.9 Å². The van der Waals surface area contributed by atoms with E-state index in [0.717, 1.165) is 10.9 Å². The zero-order valence-corrected chi connectivity index (χ0v) is 21.8. The van der Waals surface area contributed by atoms with E-state index in [-0.39, 0.29) is 28.7 Å². The third-order valence-corrected chi connectivity index (χ3v) is 5.34. The molecular weight excluding hydrogens is 536 g/mol. The van der Waals surface area contributed by atoms with Gasteiger partial charge in [0.15, 0.2) is 12.4 Å². The number of aryl methyl sites for hydroxylation is 1. The van der Waals surface area contributed by atoms with Gasteiger partial charge in [-0.25, -0.2) is 9.78 Å². The lowest BCUT2D eigenvalue weighted by Gasteiger charge is -2.13. The standard InChI is InChI=1S/C24H25BrN4O7/c1-5-6-21-27-18-8-7-16(25)11-17(18)24(31)28(21)26-12-15-9-19(29(32)33)23(20(10-15)34-4)35-13-22(30)36-14(2)3/h7-12,14H,5-6,13H2,1-4H3. The molecule has 0 aliphatic heterocycles. The van der Waals surface area contributed by atoms with Gasteiger partial charge in [-0.1, -0.05) is 22.9 Å². The van der Waals surface area contributed by atoms with Gasteiger partial charge in [0.05, 0.1) is 35.3 Å². The lowest BCUT2D eigenvalue weighted by Crippen LogP contribution is -2.22. The number of hydrogen-bond acceptors (Lipinski definition) is 9. The number of hydrogen-bond donors (Lipinski definition) is 0. The summed E-state index contributed by atoms with van der Waals surface area (Å²) in [6, 6.07) is 7.88. The molecular formula is C24H25BrN4O7. The van der Waals surface area contributed by atoms with Gasteiger partial charge < -0.3 is 14.2 Å². The van der Waals surface area contributed by atoms with Crippen molar-refractivity contribution in [2.75, 3.05) is 13.7 Å². The van der Waals surface area contributed by atoms with E-state index >= 15 is 0 Å². The summed E-state index contributed by atoms with van der Waals surface area (Å²) >= 11 is 3.36. The lowest BCUT2D eigenvalue weighted by molar-refractivity contribution is -0.385. The monoisotopic (exact) mass is 560 g/mol. The Balaban J connectivity index is 2.04. The summed E-state index contributed by atoms with van der Waals surface area (Å²) in [7, 11) is 1.31. The van der Waals surface area contributed by atoms with Crippen molar-refractivity contribution in [2.45, 2.75) is 39.7 Å². The molecule has 0 amide bonds. The number of fused-ring (bicyclic) bond motifs is 1. The second-order valence-corrected chi connectivity index (χ2v) is 8.87. The molecule has 190 valence electrons. The van der Waals surface area contributed by atoms with Crippen LogP contribution in [-0.2, 0) is 16.0 Å². The Morgan fingerprint density at radius 2 is 2.06 bits per heavy atom. The van der Waals surface area contributed by atoms with E-state index in [1.165, 1.54) is 30.1 Å². The van der Waals surface area contributed by atoms with Crippen LogP contribution in [0.1, 0.15) is 38.6 Å². The molecule has 0 bridgehead atoms. The van der Waals surface area contributed by atoms with Crippen LogP contribution in [0.5, 0.6) is 11.5 Å². The third kappa shape index (κ3) is 6.25. The molecule has 0 fully saturated rings. The molecule has 2 aromatic carbocycles. The molecule has 3 aromatic rings. The first-order chi connectivity index (χ1) is 17.1. The van der Waals surface area contributed by atoms with Crippen molar-refractivity contribution in [3.8, 4) is 11.5 Å². The Morgan fingerprint density at radius 3 is 2.69 bits per heavy atom. The van der Waals surface area contributed by atoms with Gasteiger partial charge in [-0.15, -0.1) is 0 Å². The van der Waals surface area contributed by atoms with Crippen LogP contribution < -0.4 is 15.0 Å². The zero-order valence-electron chi connectivity index (χ0n) is 20.2. The number of carbonyl (C=O) groups is 1. The fourth-order valence-corrected chi connectivity index (χ4v) is 3.73. The molecule has 0 atom stereocenters. The Bertz CT molecular complexity index is 1390. The topological polar surface area (TPSA) is 135 Å². The number of ether oxygens (including phenoxy) is 3. The number of nitro groups is 1. The quantitative estimate of drug-likeness (QED) is 0.155. The smallest absolute Gasteiger partial charge is 0.344 e. The number of halogens is 1. The van der Waals surface area contributed by atoms with Crippen molar-refractivity contribution in [3.63, 3.8) is 0 Å². The summed E-state index contributed by atoms with van der Waals surface area (Å²) in [4.78, 5) is 40.7. The summed E-state index contributed by atoms with van der Waals surface area (Å²) in [5, 5.41) is 16.4. The van der Waals surface area contributed by atoms with E-state index in [9.17, 15) is 19.7 Å². The highest BCUT2D eigenvalue weighted by atomic mass is 79.9. The van der Waals surface area contributed by atoms with E-state index < -0.39 is 23.2 Å². The Hall–Kier alpha value is -3.80. The van der Waals surface area contributed by atoms with Gasteiger partial charge in [0.25, 0.3) is 5.56 Å². The van der Waals surface area contributed by atoms with Crippen molar-refractivity contribution in [1.29, 1.82) is 0 Å². The highest BCUT2D eigenvalue weighted by molar-refractivity contribution is 9.10. The maximum atomic E-state index is 13.2. The molecule has 0 aliphatic carbocycles. The second-order valence-electron chi connectivity index (χ2n) is 7.96. The molecule has 3 rings (SSSR count). The van der Waals surface area contributed by atoms with E-state index in [4.69, 9.17) is 14.2 Å². The summed E-state index contributed by atoms with van der Waals surface area (Å²) in [5.41, 5.74) is 0.0215. The van der Waals surface area contributed by atoms with Gasteiger partial charge in [-0.05, 0) is 44.5 Å². The van der Waals surface area contributed by atoms with Crippen molar-refractivity contribution in [3.05, 3.63) is 66.7 Å². The number of aromatic nitrogens is 2. The number of nitrogens with zero attached hydrogens (tertiary/aromatic N) is 4. The van der Waals surface area contributed by atoms with Crippen LogP contribution in [0.25, 0.3) is 10.9 Å². The van der Waals surface area contributed by atoms with Crippen LogP contribution >= 0.6 is 15.9 Å². The van der Waals surface area contributed by atoms with E-state index in [2.05, 4.69) is 26.0 Å². The number of nitro benzene ring substituents is 1. The first-order valence-corrected chi connectivity index (χ1v) is 11.9. The minimum atomic E-state index is -0.676. The Morgan fingerprint density at radius 1 is 1.31 bits per heavy atom. The molecule has 1 aromatic heterocycles. The molecule has 11 nitrogen and oxygen atoms in total. The van der Waals surface area contributed by atoms with Crippen LogP contribution in [0.3, 0.4) is 0 Å². The predicted octanol–water partition coefficient (Wildman–Crippen LogP) is 4.24. The number of esters is 1. The Labute approximate surface area is 215 Å². The molecule has 12 heteroatoms. The molecule has 0 unspecified atom stereocenters. The van der Waals surface area contributed by atoms with Crippen molar-refractivity contribution in [2.24, 2.45) is 5.10 Å². The maximum absolute atomic E-state index is 13.2. The van der Waals surface area contributed by atoms with Crippen LogP contribution in [-0.4, -0.2) is 46.6 Å². The fourth-order valence-electron chi connectivity index (χ4n) is 3.37. The highest BCUT2D eigenvalue weighted by Crippen LogP contribution is 2.38. The second kappa shape index (κ2) is 11.8. The summed E-state index contributed by atoms with van der Waals surface area (Å²) < 4.78 is 17.6. The van der Waals surface area contributed by atoms with Crippen molar-refractivity contribution in [1.82, 2.24) is 9.66 Å². The first kappa shape index (κ1) is 26.8. The van der Waals surface area contributed by atoms with Gasteiger partial charge in [0.2, 0.25) is 5.75 Å². The van der Waals surface area contributed by atoms with Gasteiger partial charge in [0.1, 0.15) is 5.82 Å². The van der Waals surface area contributed by atoms with Gasteiger partial charge in [-0.3, -0.25) is 14.9 Å². The Kier molecular flexibility index (Phi) is 8.75. The first-order valence-electron chi connectivity index (χ1n) is 11.1. The summed E-state index contributed by atoms with van der Waals surface area (Å²) in [6.45, 7) is 4.78. The molecule has 0 saturated carbocycles. The summed E-state index contributed by atoms with van der Waals surface area (Å²) in [5.74, 6) is -0.421. The molecule has 1 heterocycles.